The quantitative estimate of drug-likeness (QED) is 0.120. The zero-order valence-corrected chi connectivity index (χ0v) is 22.2. The van der Waals surface area contributed by atoms with Crippen LogP contribution in [0.15, 0.2) is 0 Å². The molecular formula is C24H54NO3Si+. The van der Waals surface area contributed by atoms with Gasteiger partial charge in [0, 0.05) is 33.8 Å². The zero-order valence-electron chi connectivity index (χ0n) is 21.2. The molecule has 0 spiro atoms. The molecule has 0 fully saturated rings. The van der Waals surface area contributed by atoms with E-state index in [2.05, 4.69) is 34.6 Å². The van der Waals surface area contributed by atoms with Gasteiger partial charge in [-0.05, 0) is 40.5 Å². The molecule has 0 aromatic heterocycles. The zero-order chi connectivity index (χ0) is 22.2. The molecule has 0 saturated carbocycles. The number of rotatable bonds is 20. The number of unbranched alkanes of at least 4 members (excludes halogenated alkanes) is 9. The lowest BCUT2D eigenvalue weighted by atomic mass is 10.0. The van der Waals surface area contributed by atoms with Crippen molar-refractivity contribution in [1.82, 2.24) is 0 Å². The van der Waals surface area contributed by atoms with Gasteiger partial charge in [-0.1, -0.05) is 58.3 Å². The van der Waals surface area contributed by atoms with E-state index in [1.54, 1.807) is 21.3 Å². The first kappa shape index (κ1) is 29.1. The number of quaternary nitrogens is 1. The van der Waals surface area contributed by atoms with E-state index in [0.29, 0.717) is 12.1 Å². The monoisotopic (exact) mass is 432 g/mol. The van der Waals surface area contributed by atoms with E-state index < -0.39 is 8.80 Å². The smallest absolute Gasteiger partial charge is 0.377 e. The lowest BCUT2D eigenvalue weighted by molar-refractivity contribution is -0.967. The van der Waals surface area contributed by atoms with Crippen molar-refractivity contribution in [3.63, 3.8) is 0 Å². The molecule has 29 heavy (non-hydrogen) atoms. The van der Waals surface area contributed by atoms with Crippen molar-refractivity contribution in [2.45, 2.75) is 123 Å². The first-order valence-corrected chi connectivity index (χ1v) is 14.3. The van der Waals surface area contributed by atoms with Crippen molar-refractivity contribution in [2.75, 3.05) is 34.4 Å². The average Bonchev–Trinajstić information content (AvgIpc) is 2.71. The Hall–Kier alpha value is 0.0569. The summed E-state index contributed by atoms with van der Waals surface area (Å²) < 4.78 is 18.1. The highest BCUT2D eigenvalue weighted by Gasteiger charge is 2.40. The molecule has 0 aliphatic heterocycles. The number of hydrogen-bond acceptors (Lipinski definition) is 3. The molecule has 0 rings (SSSR count). The molecule has 0 amide bonds. The van der Waals surface area contributed by atoms with E-state index in [1.165, 1.54) is 81.8 Å². The molecule has 0 N–H and O–H groups in total. The van der Waals surface area contributed by atoms with Crippen LogP contribution in [0, 0.1) is 0 Å². The summed E-state index contributed by atoms with van der Waals surface area (Å²) in [5.41, 5.74) is 0. The van der Waals surface area contributed by atoms with Crippen LogP contribution in [0.2, 0.25) is 6.04 Å². The van der Waals surface area contributed by atoms with Crippen LogP contribution in [-0.4, -0.2) is 59.8 Å². The first-order valence-electron chi connectivity index (χ1n) is 12.4. The Morgan fingerprint density at radius 2 is 0.966 bits per heavy atom. The van der Waals surface area contributed by atoms with Crippen LogP contribution < -0.4 is 0 Å². The first-order chi connectivity index (χ1) is 13.8. The highest BCUT2D eigenvalue weighted by atomic mass is 28.4. The van der Waals surface area contributed by atoms with Gasteiger partial charge in [-0.3, -0.25) is 0 Å². The van der Waals surface area contributed by atoms with Gasteiger partial charge in [0.05, 0.1) is 25.2 Å². The average molecular weight is 433 g/mol. The summed E-state index contributed by atoms with van der Waals surface area (Å²) in [4.78, 5) is 0. The summed E-state index contributed by atoms with van der Waals surface area (Å²) >= 11 is 0. The van der Waals surface area contributed by atoms with Crippen LogP contribution in [0.3, 0.4) is 0 Å². The van der Waals surface area contributed by atoms with Crippen molar-refractivity contribution in [2.24, 2.45) is 0 Å². The molecule has 5 heteroatoms. The summed E-state index contributed by atoms with van der Waals surface area (Å²) in [5, 5.41) is 0. The van der Waals surface area contributed by atoms with E-state index in [-0.39, 0.29) is 0 Å². The summed E-state index contributed by atoms with van der Waals surface area (Å²) in [6.45, 7) is 14.3. The molecule has 0 aliphatic rings. The van der Waals surface area contributed by atoms with Gasteiger partial charge in [0.15, 0.2) is 0 Å². The molecule has 0 unspecified atom stereocenters. The Labute approximate surface area is 184 Å². The Balaban J connectivity index is 4.41. The Morgan fingerprint density at radius 1 is 0.586 bits per heavy atom. The molecule has 4 nitrogen and oxygen atoms in total. The van der Waals surface area contributed by atoms with Gasteiger partial charge in [-0.2, -0.15) is 0 Å². The molecule has 0 bridgehead atoms. The SMILES string of the molecule is CCCCCCCCCCCC[N+](CCC[Si](OC)(OC)OC)(C(C)C)C(C)C. The van der Waals surface area contributed by atoms with Crippen molar-refractivity contribution < 1.29 is 17.8 Å². The highest BCUT2D eigenvalue weighted by Crippen LogP contribution is 2.25. The normalized spacial score (nSPS) is 13.0. The van der Waals surface area contributed by atoms with Crippen molar-refractivity contribution in [1.29, 1.82) is 0 Å². The minimum absolute atomic E-state index is 0.636. The Kier molecular flexibility index (Phi) is 16.7. The van der Waals surface area contributed by atoms with E-state index in [1.807, 2.05) is 0 Å². The summed E-state index contributed by atoms with van der Waals surface area (Å²) in [7, 11) is 2.69. The number of nitrogens with zero attached hydrogens (tertiary/aromatic N) is 1. The van der Waals surface area contributed by atoms with Crippen LogP contribution in [-0.2, 0) is 13.3 Å². The molecule has 176 valence electrons. The molecule has 0 aliphatic carbocycles. The van der Waals surface area contributed by atoms with Crippen LogP contribution in [0.4, 0.5) is 0 Å². The minimum Gasteiger partial charge on any atom is -0.377 e. The van der Waals surface area contributed by atoms with Gasteiger partial charge < -0.3 is 17.8 Å². The van der Waals surface area contributed by atoms with E-state index in [4.69, 9.17) is 13.3 Å². The molecule has 0 heterocycles. The van der Waals surface area contributed by atoms with Gasteiger partial charge in [-0.15, -0.1) is 0 Å². The molecule has 0 radical (unpaired) electrons. The van der Waals surface area contributed by atoms with Crippen LogP contribution in [0.1, 0.15) is 105 Å². The topological polar surface area (TPSA) is 27.7 Å². The van der Waals surface area contributed by atoms with Crippen LogP contribution in [0.25, 0.3) is 0 Å². The van der Waals surface area contributed by atoms with Gasteiger partial charge in [0.1, 0.15) is 0 Å². The predicted octanol–water partition coefficient (Wildman–Crippen LogP) is 6.81. The fourth-order valence-electron chi connectivity index (χ4n) is 4.78. The maximum absolute atomic E-state index is 5.63. The van der Waals surface area contributed by atoms with E-state index >= 15 is 0 Å². The Bertz CT molecular complexity index is 357. The fourth-order valence-corrected chi connectivity index (χ4v) is 6.48. The van der Waals surface area contributed by atoms with Gasteiger partial charge >= 0.3 is 8.80 Å². The number of hydrogen-bond donors (Lipinski definition) is 0. The minimum atomic E-state index is -2.46. The summed E-state index contributed by atoms with van der Waals surface area (Å²) in [5.74, 6) is 0. The summed E-state index contributed by atoms with van der Waals surface area (Å²) in [6, 6.07) is 2.17. The van der Waals surface area contributed by atoms with Crippen molar-refractivity contribution in [3.05, 3.63) is 0 Å². The lowest BCUT2D eigenvalue weighted by Crippen LogP contribution is -2.59. The van der Waals surface area contributed by atoms with Gasteiger partial charge in [0.25, 0.3) is 0 Å². The third-order valence-corrected chi connectivity index (χ3v) is 9.81. The van der Waals surface area contributed by atoms with Crippen LogP contribution >= 0.6 is 0 Å². The lowest BCUT2D eigenvalue weighted by Gasteiger charge is -2.46. The summed E-state index contributed by atoms with van der Waals surface area (Å²) in [6.07, 6.45) is 15.1. The van der Waals surface area contributed by atoms with Crippen molar-refractivity contribution in [3.8, 4) is 0 Å². The molecular weight excluding hydrogens is 378 g/mol. The molecule has 0 aromatic carbocycles. The predicted molar refractivity (Wildman–Crippen MR) is 128 cm³/mol. The standard InChI is InChI=1S/C24H54NO3Si/c1-9-10-11-12-13-14-15-16-17-18-20-25(23(2)3,24(4)5)21-19-22-29(26-6,27-7)28-8/h23-24H,9-22H2,1-8H3/q+1. The fraction of sp³-hybridized carbons (Fsp3) is 1.00. The van der Waals surface area contributed by atoms with E-state index in [9.17, 15) is 0 Å². The maximum Gasteiger partial charge on any atom is 0.500 e. The van der Waals surface area contributed by atoms with Gasteiger partial charge in [-0.25, -0.2) is 0 Å². The van der Waals surface area contributed by atoms with Gasteiger partial charge in [0.2, 0.25) is 0 Å². The molecule has 0 aromatic rings. The van der Waals surface area contributed by atoms with E-state index in [0.717, 1.165) is 12.5 Å². The highest BCUT2D eigenvalue weighted by molar-refractivity contribution is 6.60. The third-order valence-electron chi connectivity index (χ3n) is 6.98. The maximum atomic E-state index is 5.63. The second kappa shape index (κ2) is 16.7. The second-order valence-corrected chi connectivity index (χ2v) is 12.4. The van der Waals surface area contributed by atoms with Crippen LogP contribution in [0.5, 0.6) is 0 Å². The molecule has 0 atom stereocenters. The molecule has 0 saturated heterocycles. The Morgan fingerprint density at radius 3 is 1.34 bits per heavy atom. The van der Waals surface area contributed by atoms with Crippen molar-refractivity contribution >= 4 is 8.80 Å². The third kappa shape index (κ3) is 10.8. The largest absolute Gasteiger partial charge is 0.500 e. The second-order valence-electron chi connectivity index (χ2n) is 9.32.